The molecule has 0 fully saturated rings. The molecule has 0 radical (unpaired) electrons. The van der Waals surface area contributed by atoms with Gasteiger partial charge in [-0.05, 0) is 12.1 Å². The highest BCUT2D eigenvalue weighted by Crippen LogP contribution is 2.14. The number of rotatable bonds is 5. The lowest BCUT2D eigenvalue weighted by molar-refractivity contribution is -0.139. The summed E-state index contributed by atoms with van der Waals surface area (Å²) >= 11 is 0. The Hall–Kier alpha value is -2.42. The second-order valence-electron chi connectivity index (χ2n) is 3.72. The van der Waals surface area contributed by atoms with Crippen LogP contribution in [0.4, 0.5) is 0 Å². The molecule has 8 nitrogen and oxygen atoms in total. The van der Waals surface area contributed by atoms with Gasteiger partial charge in [-0.25, -0.2) is 4.68 Å². The molecule has 0 aliphatic heterocycles. The Morgan fingerprint density at radius 1 is 1.25 bits per heavy atom. The molecular formula is C11H12N4O4S. The normalized spacial score (nSPS) is 11.1. The molecule has 0 unspecified atom stereocenters. The van der Waals surface area contributed by atoms with Crippen LogP contribution in [0.2, 0.25) is 0 Å². The highest BCUT2D eigenvalue weighted by atomic mass is 32.2. The monoisotopic (exact) mass is 296 g/mol. The number of carbonyl (C=O) groups excluding carboxylic acids is 1. The highest BCUT2D eigenvalue weighted by molar-refractivity contribution is 7.92. The molecule has 1 heterocycles. The Kier molecular flexibility index (Phi) is 3.99. The minimum Gasteiger partial charge on any atom is -0.468 e. The summed E-state index contributed by atoms with van der Waals surface area (Å²) in [5, 5.41) is 7.08. The number of aromatic nitrogens is 3. The molecule has 9 heteroatoms. The van der Waals surface area contributed by atoms with E-state index >= 15 is 0 Å². The van der Waals surface area contributed by atoms with Crippen molar-refractivity contribution in [2.75, 3.05) is 18.1 Å². The first-order valence-electron chi connectivity index (χ1n) is 5.55. The molecule has 20 heavy (non-hydrogen) atoms. The number of methoxy groups -OCH3 is 1. The van der Waals surface area contributed by atoms with E-state index in [0.717, 1.165) is 9.09 Å². The number of hydrogen-bond donors (Lipinski definition) is 0. The van der Waals surface area contributed by atoms with Crippen LogP contribution < -0.4 is 4.41 Å². The summed E-state index contributed by atoms with van der Waals surface area (Å²) in [4.78, 5) is 11.5. The predicted molar refractivity (Wildman–Crippen MR) is 68.7 cm³/mol. The summed E-state index contributed by atoms with van der Waals surface area (Å²) in [7, 11) is -2.73. The Labute approximate surface area is 115 Å². The van der Waals surface area contributed by atoms with Gasteiger partial charge in [0.2, 0.25) is 0 Å². The first-order valence-corrected chi connectivity index (χ1v) is 6.99. The van der Waals surface area contributed by atoms with Crippen molar-refractivity contribution in [3.63, 3.8) is 0 Å². The van der Waals surface area contributed by atoms with Crippen LogP contribution in [-0.4, -0.2) is 42.9 Å². The summed E-state index contributed by atoms with van der Waals surface area (Å²) < 4.78 is 31.5. The summed E-state index contributed by atoms with van der Waals surface area (Å²) in [6, 6.07) is 7.75. The number of benzene rings is 1. The van der Waals surface area contributed by atoms with Crippen LogP contribution in [0.3, 0.4) is 0 Å². The zero-order chi connectivity index (χ0) is 14.6. The van der Waals surface area contributed by atoms with Crippen LogP contribution in [-0.2, 0) is 19.6 Å². The quantitative estimate of drug-likeness (QED) is 0.708. The highest BCUT2D eigenvalue weighted by Gasteiger charge is 2.27. The third-order valence-electron chi connectivity index (χ3n) is 2.47. The van der Waals surface area contributed by atoms with Gasteiger partial charge in [0, 0.05) is 0 Å². The van der Waals surface area contributed by atoms with Gasteiger partial charge < -0.3 is 4.74 Å². The van der Waals surface area contributed by atoms with Crippen molar-refractivity contribution in [2.24, 2.45) is 0 Å². The number of hydrogen-bond acceptors (Lipinski definition) is 6. The van der Waals surface area contributed by atoms with Crippen molar-refractivity contribution < 1.29 is 17.9 Å². The van der Waals surface area contributed by atoms with Gasteiger partial charge in [-0.1, -0.05) is 18.2 Å². The van der Waals surface area contributed by atoms with Crippen LogP contribution in [0.5, 0.6) is 0 Å². The van der Waals surface area contributed by atoms with Crippen LogP contribution in [0, 0.1) is 0 Å². The second kappa shape index (κ2) is 5.70. The van der Waals surface area contributed by atoms with Crippen LogP contribution in [0.25, 0.3) is 0 Å². The Morgan fingerprint density at radius 3 is 2.40 bits per heavy atom. The molecule has 1 aromatic carbocycles. The maximum Gasteiger partial charge on any atom is 0.328 e. The van der Waals surface area contributed by atoms with E-state index in [0.29, 0.717) is 0 Å². The van der Waals surface area contributed by atoms with Gasteiger partial charge in [-0.2, -0.15) is 12.8 Å². The van der Waals surface area contributed by atoms with Crippen LogP contribution in [0.1, 0.15) is 0 Å². The van der Waals surface area contributed by atoms with Gasteiger partial charge in [0.05, 0.1) is 12.0 Å². The van der Waals surface area contributed by atoms with E-state index in [2.05, 4.69) is 14.9 Å². The van der Waals surface area contributed by atoms with E-state index < -0.39 is 22.5 Å². The van der Waals surface area contributed by atoms with Crippen molar-refractivity contribution in [1.29, 1.82) is 0 Å². The Morgan fingerprint density at radius 2 is 1.85 bits per heavy atom. The number of carbonyl (C=O) groups is 1. The average Bonchev–Trinajstić information content (AvgIpc) is 2.99. The molecule has 0 amide bonds. The van der Waals surface area contributed by atoms with Crippen molar-refractivity contribution in [3.8, 4) is 0 Å². The van der Waals surface area contributed by atoms with Crippen molar-refractivity contribution >= 4 is 16.0 Å². The molecule has 0 aliphatic carbocycles. The predicted octanol–water partition coefficient (Wildman–Crippen LogP) is -0.222. The van der Waals surface area contributed by atoms with Crippen LogP contribution in [0.15, 0.2) is 47.9 Å². The van der Waals surface area contributed by atoms with E-state index in [-0.39, 0.29) is 4.90 Å². The topological polar surface area (TPSA) is 94.4 Å². The summed E-state index contributed by atoms with van der Waals surface area (Å²) in [6.07, 6.45) is 2.37. The lowest BCUT2D eigenvalue weighted by atomic mass is 10.4. The van der Waals surface area contributed by atoms with Gasteiger partial charge in [0.1, 0.15) is 19.2 Å². The van der Waals surface area contributed by atoms with Gasteiger partial charge in [-0.3, -0.25) is 4.79 Å². The second-order valence-corrected chi connectivity index (χ2v) is 5.56. The fraction of sp³-hybridized carbons (Fsp3) is 0.182. The minimum atomic E-state index is -3.91. The van der Waals surface area contributed by atoms with Crippen LogP contribution >= 0.6 is 0 Å². The zero-order valence-electron chi connectivity index (χ0n) is 10.6. The molecule has 0 saturated carbocycles. The molecule has 0 spiro atoms. The number of esters is 1. The lowest BCUT2D eigenvalue weighted by Gasteiger charge is -2.22. The van der Waals surface area contributed by atoms with Crippen molar-refractivity contribution in [2.45, 2.75) is 4.90 Å². The van der Waals surface area contributed by atoms with Crippen molar-refractivity contribution in [3.05, 3.63) is 43.0 Å². The molecule has 0 atom stereocenters. The van der Waals surface area contributed by atoms with E-state index in [1.807, 2.05) is 0 Å². The van der Waals surface area contributed by atoms with Gasteiger partial charge in [0.15, 0.2) is 0 Å². The molecule has 106 valence electrons. The molecule has 0 aliphatic rings. The Bertz CT molecular complexity index is 670. The first-order chi connectivity index (χ1) is 9.55. The molecule has 0 bridgehead atoms. The Balaban J connectivity index is 2.43. The fourth-order valence-corrected chi connectivity index (χ4v) is 2.84. The number of nitrogens with zero attached hydrogens (tertiary/aromatic N) is 4. The molecule has 0 saturated heterocycles. The van der Waals surface area contributed by atoms with E-state index in [4.69, 9.17) is 0 Å². The molecular weight excluding hydrogens is 284 g/mol. The zero-order valence-corrected chi connectivity index (χ0v) is 11.4. The SMILES string of the molecule is COC(=O)CN(n1cnnc1)S(=O)(=O)c1ccccc1. The average molecular weight is 296 g/mol. The first kappa shape index (κ1) is 14.0. The van der Waals surface area contributed by atoms with Gasteiger partial charge in [-0.15, -0.1) is 10.2 Å². The standard InChI is InChI=1S/C11H12N4O4S/c1-19-11(16)7-15(14-8-12-13-9-14)20(17,18)10-5-3-2-4-6-10/h2-6,8-9H,7H2,1H3. The van der Waals surface area contributed by atoms with E-state index in [1.54, 1.807) is 18.2 Å². The maximum absolute atomic E-state index is 12.5. The molecule has 2 aromatic rings. The fourth-order valence-electron chi connectivity index (χ4n) is 1.49. The minimum absolute atomic E-state index is 0.0533. The molecule has 2 rings (SSSR count). The van der Waals surface area contributed by atoms with Crippen molar-refractivity contribution in [1.82, 2.24) is 14.9 Å². The van der Waals surface area contributed by atoms with E-state index in [9.17, 15) is 13.2 Å². The number of sulfonamides is 1. The third-order valence-corrected chi connectivity index (χ3v) is 4.22. The van der Waals surface area contributed by atoms with E-state index in [1.165, 1.54) is 31.9 Å². The van der Waals surface area contributed by atoms with Gasteiger partial charge >= 0.3 is 5.97 Å². The third kappa shape index (κ3) is 2.77. The van der Waals surface area contributed by atoms with Gasteiger partial charge in [0.25, 0.3) is 10.0 Å². The summed E-state index contributed by atoms with van der Waals surface area (Å²) in [6.45, 7) is -0.480. The number of ether oxygens (including phenoxy) is 1. The maximum atomic E-state index is 12.5. The lowest BCUT2D eigenvalue weighted by Crippen LogP contribution is -2.43. The summed E-state index contributed by atoms with van der Waals surface area (Å²) in [5.41, 5.74) is 0. The largest absolute Gasteiger partial charge is 0.468 e. The molecule has 0 N–H and O–H groups in total. The summed E-state index contributed by atoms with van der Waals surface area (Å²) in [5.74, 6) is -0.696. The smallest absolute Gasteiger partial charge is 0.328 e. The molecule has 1 aromatic heterocycles.